The van der Waals surface area contributed by atoms with Gasteiger partial charge in [-0.25, -0.2) is 10.8 Å². The highest BCUT2D eigenvalue weighted by atomic mass is 32.1. The van der Waals surface area contributed by atoms with E-state index in [1.54, 1.807) is 14.2 Å². The third-order valence-corrected chi connectivity index (χ3v) is 3.69. The highest BCUT2D eigenvalue weighted by molar-refractivity contribution is 7.19. The summed E-state index contributed by atoms with van der Waals surface area (Å²) in [5.74, 6) is 6.91. The molecule has 0 fully saturated rings. The van der Waals surface area contributed by atoms with Crippen LogP contribution in [0.2, 0.25) is 0 Å². The fraction of sp³-hybridized carbons (Fsp3) is 0.250. The van der Waals surface area contributed by atoms with Gasteiger partial charge in [-0.3, -0.25) is 0 Å². The number of benzene rings is 1. The molecule has 0 unspecified atom stereocenters. The molecule has 96 valence electrons. The van der Waals surface area contributed by atoms with Crippen molar-refractivity contribution in [1.82, 2.24) is 4.98 Å². The average molecular weight is 265 g/mol. The summed E-state index contributed by atoms with van der Waals surface area (Å²) in [6.07, 6.45) is 0. The lowest BCUT2D eigenvalue weighted by atomic mass is 10.2. The van der Waals surface area contributed by atoms with E-state index in [4.69, 9.17) is 15.3 Å². The minimum absolute atomic E-state index is 0.728. The van der Waals surface area contributed by atoms with E-state index in [0.717, 1.165) is 32.8 Å². The van der Waals surface area contributed by atoms with Crippen LogP contribution in [0.15, 0.2) is 18.2 Å². The Morgan fingerprint density at radius 2 is 2.06 bits per heavy atom. The zero-order valence-corrected chi connectivity index (χ0v) is 11.3. The number of anilines is 1. The Bertz CT molecular complexity index is 554. The van der Waals surface area contributed by atoms with Gasteiger partial charge in [0.25, 0.3) is 0 Å². The van der Waals surface area contributed by atoms with E-state index >= 15 is 0 Å². The van der Waals surface area contributed by atoms with Crippen LogP contribution in [0.4, 0.5) is 5.00 Å². The summed E-state index contributed by atoms with van der Waals surface area (Å²) >= 11 is 1.49. The van der Waals surface area contributed by atoms with Crippen molar-refractivity contribution in [2.75, 3.05) is 19.6 Å². The zero-order valence-electron chi connectivity index (χ0n) is 10.5. The Kier molecular flexibility index (Phi) is 3.69. The quantitative estimate of drug-likeness (QED) is 0.656. The minimum Gasteiger partial charge on any atom is -0.497 e. The first kappa shape index (κ1) is 12.7. The van der Waals surface area contributed by atoms with Gasteiger partial charge in [-0.1, -0.05) is 11.3 Å². The van der Waals surface area contributed by atoms with Gasteiger partial charge in [0, 0.05) is 6.07 Å². The van der Waals surface area contributed by atoms with E-state index in [2.05, 4.69) is 10.4 Å². The first-order valence-corrected chi connectivity index (χ1v) is 6.17. The molecule has 18 heavy (non-hydrogen) atoms. The fourth-order valence-corrected chi connectivity index (χ4v) is 2.53. The number of rotatable bonds is 4. The summed E-state index contributed by atoms with van der Waals surface area (Å²) in [5, 5.41) is 1.71. The summed E-state index contributed by atoms with van der Waals surface area (Å²) < 4.78 is 10.5. The van der Waals surface area contributed by atoms with Crippen LogP contribution >= 0.6 is 11.3 Å². The van der Waals surface area contributed by atoms with Crippen LogP contribution < -0.4 is 20.7 Å². The molecule has 1 heterocycles. The molecule has 3 N–H and O–H groups in total. The first-order valence-electron chi connectivity index (χ1n) is 5.36. The summed E-state index contributed by atoms with van der Waals surface area (Å²) in [7, 11) is 3.25. The Morgan fingerprint density at radius 1 is 1.28 bits per heavy atom. The molecule has 0 bridgehead atoms. The molecule has 0 spiro atoms. The lowest BCUT2D eigenvalue weighted by Crippen LogP contribution is -2.05. The normalized spacial score (nSPS) is 10.2. The maximum atomic E-state index is 5.43. The highest BCUT2D eigenvalue weighted by Crippen LogP contribution is 2.38. The van der Waals surface area contributed by atoms with Gasteiger partial charge in [0.05, 0.1) is 25.5 Å². The van der Waals surface area contributed by atoms with E-state index in [9.17, 15) is 0 Å². The average Bonchev–Trinajstić information content (AvgIpc) is 2.79. The van der Waals surface area contributed by atoms with Crippen molar-refractivity contribution < 1.29 is 9.47 Å². The summed E-state index contributed by atoms with van der Waals surface area (Å²) in [5.41, 5.74) is 4.43. The van der Waals surface area contributed by atoms with Crippen molar-refractivity contribution in [1.29, 1.82) is 0 Å². The van der Waals surface area contributed by atoms with Gasteiger partial charge >= 0.3 is 0 Å². The van der Waals surface area contributed by atoms with E-state index < -0.39 is 0 Å². The monoisotopic (exact) mass is 265 g/mol. The predicted octanol–water partition coefficient (Wildman–Crippen LogP) is 2.42. The molecule has 0 radical (unpaired) electrons. The number of hydrazine groups is 1. The molecule has 0 atom stereocenters. The van der Waals surface area contributed by atoms with Gasteiger partial charge in [0.15, 0.2) is 0 Å². The van der Waals surface area contributed by atoms with Crippen molar-refractivity contribution in [3.05, 3.63) is 23.9 Å². The molecular weight excluding hydrogens is 250 g/mol. The third kappa shape index (κ3) is 2.25. The molecule has 1 aromatic heterocycles. The first-order chi connectivity index (χ1) is 8.69. The van der Waals surface area contributed by atoms with Crippen LogP contribution in [0.1, 0.15) is 5.69 Å². The Labute approximate surface area is 110 Å². The fourth-order valence-electron chi connectivity index (χ4n) is 1.62. The molecule has 2 rings (SSSR count). The van der Waals surface area contributed by atoms with Crippen molar-refractivity contribution in [3.8, 4) is 22.1 Å². The number of nitrogens with two attached hydrogens (primary N) is 1. The molecule has 1 aromatic carbocycles. The third-order valence-electron chi connectivity index (χ3n) is 2.57. The second-order valence-corrected chi connectivity index (χ2v) is 4.64. The summed E-state index contributed by atoms with van der Waals surface area (Å²) in [4.78, 5) is 4.47. The van der Waals surface area contributed by atoms with Gasteiger partial charge in [-0.05, 0) is 19.1 Å². The number of nitrogens with one attached hydrogen (secondary N) is 1. The van der Waals surface area contributed by atoms with Crippen molar-refractivity contribution in [3.63, 3.8) is 0 Å². The summed E-state index contributed by atoms with van der Waals surface area (Å²) in [6.45, 7) is 1.91. The molecule has 0 aliphatic carbocycles. The lowest BCUT2D eigenvalue weighted by molar-refractivity contribution is 0.395. The topological polar surface area (TPSA) is 69.4 Å². The maximum Gasteiger partial charge on any atom is 0.132 e. The van der Waals surface area contributed by atoms with Crippen molar-refractivity contribution in [2.45, 2.75) is 6.92 Å². The van der Waals surface area contributed by atoms with Crippen LogP contribution in [0.25, 0.3) is 10.6 Å². The van der Waals surface area contributed by atoms with Crippen LogP contribution in [0.5, 0.6) is 11.5 Å². The number of ether oxygens (including phenoxy) is 2. The number of thiazole rings is 1. The largest absolute Gasteiger partial charge is 0.497 e. The number of hydrogen-bond acceptors (Lipinski definition) is 6. The van der Waals surface area contributed by atoms with Crippen LogP contribution in [-0.2, 0) is 0 Å². The maximum absolute atomic E-state index is 5.43. The molecule has 6 heteroatoms. The number of nitrogens with zero attached hydrogens (tertiary/aromatic N) is 1. The predicted molar refractivity (Wildman–Crippen MR) is 73.2 cm³/mol. The molecule has 0 saturated carbocycles. The zero-order chi connectivity index (χ0) is 13.1. The number of hydrogen-bond donors (Lipinski definition) is 2. The number of methoxy groups -OCH3 is 2. The smallest absolute Gasteiger partial charge is 0.132 e. The van der Waals surface area contributed by atoms with Gasteiger partial charge in [0.2, 0.25) is 0 Å². The Balaban J connectivity index is 2.48. The Hall–Kier alpha value is -1.79. The molecule has 0 saturated heterocycles. The molecule has 0 aliphatic rings. The Morgan fingerprint density at radius 3 is 2.61 bits per heavy atom. The van der Waals surface area contributed by atoms with Crippen LogP contribution in [-0.4, -0.2) is 19.2 Å². The van der Waals surface area contributed by atoms with Crippen molar-refractivity contribution >= 4 is 16.3 Å². The number of nitrogen functional groups attached to an aromatic ring is 1. The standard InChI is InChI=1S/C12H15N3O2S/c1-7-11(15-13)18-12(14-7)9-5-4-8(16-2)6-10(9)17-3/h4-6,15H,13H2,1-3H3. The van der Waals surface area contributed by atoms with Crippen LogP contribution in [0.3, 0.4) is 0 Å². The lowest BCUT2D eigenvalue weighted by Gasteiger charge is -2.08. The molecule has 2 aromatic rings. The van der Waals surface area contributed by atoms with Gasteiger partial charge < -0.3 is 14.9 Å². The summed E-state index contributed by atoms with van der Waals surface area (Å²) in [6, 6.07) is 5.64. The van der Waals surface area contributed by atoms with E-state index in [1.807, 2.05) is 25.1 Å². The highest BCUT2D eigenvalue weighted by Gasteiger charge is 2.13. The van der Waals surface area contributed by atoms with Crippen molar-refractivity contribution in [2.24, 2.45) is 5.84 Å². The molecule has 0 aliphatic heterocycles. The van der Waals surface area contributed by atoms with Gasteiger partial charge in [-0.15, -0.1) is 0 Å². The van der Waals surface area contributed by atoms with E-state index in [-0.39, 0.29) is 0 Å². The van der Waals surface area contributed by atoms with Gasteiger partial charge in [0.1, 0.15) is 21.5 Å². The molecule has 5 nitrogen and oxygen atoms in total. The molecule has 0 amide bonds. The van der Waals surface area contributed by atoms with E-state index in [1.165, 1.54) is 11.3 Å². The second-order valence-electron chi connectivity index (χ2n) is 3.64. The van der Waals surface area contributed by atoms with E-state index in [0.29, 0.717) is 0 Å². The number of aromatic nitrogens is 1. The van der Waals surface area contributed by atoms with Gasteiger partial charge in [-0.2, -0.15) is 0 Å². The minimum atomic E-state index is 0.728. The molecular formula is C12H15N3O2S. The van der Waals surface area contributed by atoms with Crippen LogP contribution in [0, 0.1) is 6.92 Å². The SMILES string of the molecule is COc1ccc(-c2nc(C)c(NN)s2)c(OC)c1. The second kappa shape index (κ2) is 5.24. The number of aryl methyl sites for hydroxylation is 1.